The van der Waals surface area contributed by atoms with Gasteiger partial charge in [-0.3, -0.25) is 0 Å². The molecule has 2 rings (SSSR count). The summed E-state index contributed by atoms with van der Waals surface area (Å²) in [6, 6.07) is 0. The zero-order chi connectivity index (χ0) is 12.6. The minimum Gasteiger partial charge on any atom is -0.378 e. The van der Waals surface area contributed by atoms with Crippen LogP contribution < -0.4 is 10.6 Å². The molecule has 106 valence electrons. The first-order valence-corrected chi connectivity index (χ1v) is 7.51. The molecular weight excluding hydrogens is 228 g/mol. The number of hydrogen-bond donors (Lipinski definition) is 2. The van der Waals surface area contributed by atoms with Gasteiger partial charge in [-0.2, -0.15) is 0 Å². The number of piperidine rings is 1. The van der Waals surface area contributed by atoms with Gasteiger partial charge in [-0.25, -0.2) is 0 Å². The van der Waals surface area contributed by atoms with E-state index in [9.17, 15) is 0 Å². The predicted molar refractivity (Wildman–Crippen MR) is 72.9 cm³/mol. The topological polar surface area (TPSA) is 42.5 Å². The van der Waals surface area contributed by atoms with Gasteiger partial charge in [0.1, 0.15) is 0 Å². The molecule has 2 N–H and O–H groups in total. The van der Waals surface area contributed by atoms with E-state index in [1.807, 2.05) is 0 Å². The Morgan fingerprint density at radius 3 is 2.83 bits per heavy atom. The van der Waals surface area contributed by atoms with Gasteiger partial charge in [0.2, 0.25) is 0 Å². The summed E-state index contributed by atoms with van der Waals surface area (Å²) < 4.78 is 11.4. The zero-order valence-corrected chi connectivity index (χ0v) is 11.6. The molecule has 4 nitrogen and oxygen atoms in total. The van der Waals surface area contributed by atoms with E-state index in [1.54, 1.807) is 0 Å². The van der Waals surface area contributed by atoms with Gasteiger partial charge in [0.25, 0.3) is 0 Å². The molecule has 2 unspecified atom stereocenters. The van der Waals surface area contributed by atoms with Crippen molar-refractivity contribution in [2.24, 2.45) is 5.92 Å². The third-order valence-corrected chi connectivity index (χ3v) is 4.08. The largest absolute Gasteiger partial charge is 0.378 e. The SMILES string of the molecule is CC1OCCC1CNCCCOC1CCNCC1. The lowest BCUT2D eigenvalue weighted by atomic mass is 10.0. The average molecular weight is 256 g/mol. The molecule has 0 spiro atoms. The molecule has 0 aromatic carbocycles. The molecule has 4 heteroatoms. The van der Waals surface area contributed by atoms with Gasteiger partial charge in [0.15, 0.2) is 0 Å². The molecule has 0 radical (unpaired) electrons. The van der Waals surface area contributed by atoms with Crippen molar-refractivity contribution in [1.82, 2.24) is 10.6 Å². The second-order valence-electron chi connectivity index (χ2n) is 5.50. The van der Waals surface area contributed by atoms with E-state index in [0.29, 0.717) is 18.1 Å². The van der Waals surface area contributed by atoms with E-state index in [0.717, 1.165) is 45.8 Å². The summed E-state index contributed by atoms with van der Waals surface area (Å²) in [7, 11) is 0. The van der Waals surface area contributed by atoms with Gasteiger partial charge >= 0.3 is 0 Å². The molecule has 2 atom stereocenters. The summed E-state index contributed by atoms with van der Waals surface area (Å²) in [4.78, 5) is 0. The summed E-state index contributed by atoms with van der Waals surface area (Å²) in [5.74, 6) is 0.704. The summed E-state index contributed by atoms with van der Waals surface area (Å²) in [5.41, 5.74) is 0. The predicted octanol–water partition coefficient (Wildman–Crippen LogP) is 1.16. The lowest BCUT2D eigenvalue weighted by molar-refractivity contribution is 0.0316. The molecule has 0 amide bonds. The van der Waals surface area contributed by atoms with Gasteiger partial charge in [0, 0.05) is 19.8 Å². The Hall–Kier alpha value is -0.160. The second-order valence-corrected chi connectivity index (χ2v) is 5.50. The van der Waals surface area contributed by atoms with Crippen molar-refractivity contribution < 1.29 is 9.47 Å². The van der Waals surface area contributed by atoms with Gasteiger partial charge in [-0.05, 0) is 58.2 Å². The van der Waals surface area contributed by atoms with E-state index in [1.165, 1.54) is 19.3 Å². The van der Waals surface area contributed by atoms with Crippen molar-refractivity contribution in [2.45, 2.75) is 44.8 Å². The summed E-state index contributed by atoms with van der Waals surface area (Å²) in [5, 5.41) is 6.88. The smallest absolute Gasteiger partial charge is 0.0599 e. The highest BCUT2D eigenvalue weighted by Gasteiger charge is 2.23. The first-order chi connectivity index (χ1) is 8.86. The first kappa shape index (κ1) is 14.3. The lowest BCUT2D eigenvalue weighted by Gasteiger charge is -2.23. The molecule has 2 aliphatic heterocycles. The van der Waals surface area contributed by atoms with Crippen LogP contribution >= 0.6 is 0 Å². The molecule has 0 aromatic rings. The molecule has 0 bridgehead atoms. The number of ether oxygens (including phenoxy) is 2. The molecular formula is C14H28N2O2. The quantitative estimate of drug-likeness (QED) is 0.671. The highest BCUT2D eigenvalue weighted by atomic mass is 16.5. The van der Waals surface area contributed by atoms with Crippen molar-refractivity contribution >= 4 is 0 Å². The van der Waals surface area contributed by atoms with Gasteiger partial charge < -0.3 is 20.1 Å². The van der Waals surface area contributed by atoms with E-state index in [4.69, 9.17) is 9.47 Å². The van der Waals surface area contributed by atoms with Crippen LogP contribution in [0.25, 0.3) is 0 Å². The Balaban J connectivity index is 1.41. The summed E-state index contributed by atoms with van der Waals surface area (Å²) >= 11 is 0. The molecule has 2 aliphatic rings. The van der Waals surface area contributed by atoms with E-state index < -0.39 is 0 Å². The maximum atomic E-state index is 5.87. The minimum absolute atomic E-state index is 0.434. The maximum Gasteiger partial charge on any atom is 0.0599 e. The van der Waals surface area contributed by atoms with Crippen LogP contribution in [0, 0.1) is 5.92 Å². The van der Waals surface area contributed by atoms with Crippen molar-refractivity contribution in [3.05, 3.63) is 0 Å². The fourth-order valence-corrected chi connectivity index (χ4v) is 2.74. The average Bonchev–Trinajstić information content (AvgIpc) is 2.81. The Bertz CT molecular complexity index is 220. The Kier molecular flexibility index (Phi) is 6.41. The lowest BCUT2D eigenvalue weighted by Crippen LogP contribution is -2.33. The second kappa shape index (κ2) is 8.10. The third-order valence-electron chi connectivity index (χ3n) is 4.08. The minimum atomic E-state index is 0.434. The maximum absolute atomic E-state index is 5.87. The van der Waals surface area contributed by atoms with E-state index >= 15 is 0 Å². The zero-order valence-electron chi connectivity index (χ0n) is 11.6. The van der Waals surface area contributed by atoms with Gasteiger partial charge in [-0.1, -0.05) is 0 Å². The Morgan fingerprint density at radius 2 is 2.11 bits per heavy atom. The summed E-state index contributed by atoms with van der Waals surface area (Å²) in [6.07, 6.45) is 5.60. The van der Waals surface area contributed by atoms with E-state index in [2.05, 4.69) is 17.6 Å². The Labute approximate surface area is 111 Å². The molecule has 2 fully saturated rings. The molecule has 18 heavy (non-hydrogen) atoms. The number of nitrogens with one attached hydrogen (secondary N) is 2. The van der Waals surface area contributed by atoms with Crippen LogP contribution in [0.3, 0.4) is 0 Å². The van der Waals surface area contributed by atoms with Gasteiger partial charge in [0.05, 0.1) is 12.2 Å². The highest BCUT2D eigenvalue weighted by molar-refractivity contribution is 4.74. The van der Waals surface area contributed by atoms with Crippen LogP contribution in [0.2, 0.25) is 0 Å². The first-order valence-electron chi connectivity index (χ1n) is 7.51. The third kappa shape index (κ3) is 4.84. The molecule has 2 saturated heterocycles. The van der Waals surface area contributed by atoms with Crippen LogP contribution in [-0.2, 0) is 9.47 Å². The van der Waals surface area contributed by atoms with Crippen LogP contribution in [-0.4, -0.2) is 51.6 Å². The van der Waals surface area contributed by atoms with Crippen molar-refractivity contribution in [3.8, 4) is 0 Å². The summed E-state index contributed by atoms with van der Waals surface area (Å²) in [6.45, 7) is 8.40. The molecule has 0 aromatic heterocycles. The van der Waals surface area contributed by atoms with Crippen LogP contribution in [0.1, 0.15) is 32.6 Å². The number of hydrogen-bond acceptors (Lipinski definition) is 4. The van der Waals surface area contributed by atoms with Crippen LogP contribution in [0.4, 0.5) is 0 Å². The standard InChI is InChI=1S/C14H28N2O2/c1-12-13(5-10-17-12)11-16-6-2-9-18-14-3-7-15-8-4-14/h12-16H,2-11H2,1H3. The molecule has 0 saturated carbocycles. The van der Waals surface area contributed by atoms with Gasteiger partial charge in [-0.15, -0.1) is 0 Å². The van der Waals surface area contributed by atoms with Crippen LogP contribution in [0.5, 0.6) is 0 Å². The van der Waals surface area contributed by atoms with Crippen molar-refractivity contribution in [3.63, 3.8) is 0 Å². The molecule has 2 heterocycles. The fourth-order valence-electron chi connectivity index (χ4n) is 2.74. The Morgan fingerprint density at radius 1 is 1.28 bits per heavy atom. The number of rotatable bonds is 7. The highest BCUT2D eigenvalue weighted by Crippen LogP contribution is 2.19. The van der Waals surface area contributed by atoms with Crippen molar-refractivity contribution in [1.29, 1.82) is 0 Å². The normalized spacial score (nSPS) is 29.8. The van der Waals surface area contributed by atoms with Crippen molar-refractivity contribution in [2.75, 3.05) is 39.4 Å². The molecule has 0 aliphatic carbocycles. The fraction of sp³-hybridized carbons (Fsp3) is 1.00. The van der Waals surface area contributed by atoms with Crippen LogP contribution in [0.15, 0.2) is 0 Å². The monoisotopic (exact) mass is 256 g/mol. The van der Waals surface area contributed by atoms with E-state index in [-0.39, 0.29) is 0 Å².